The molecular formula is C8H15HgO3. The van der Waals surface area contributed by atoms with E-state index in [0.717, 1.165) is 42.9 Å². The van der Waals surface area contributed by atoms with E-state index >= 15 is 0 Å². The van der Waals surface area contributed by atoms with Crippen molar-refractivity contribution in [3.05, 3.63) is 0 Å². The Labute approximate surface area is 89.1 Å². The van der Waals surface area contributed by atoms with Gasteiger partial charge in [-0.05, 0) is 0 Å². The van der Waals surface area contributed by atoms with Gasteiger partial charge in [0.15, 0.2) is 0 Å². The molecule has 0 aliphatic heterocycles. The van der Waals surface area contributed by atoms with Gasteiger partial charge in [-0.3, -0.25) is 4.79 Å². The number of hydrogen-bond acceptors (Lipinski definition) is 2. The number of carboxylic acid groups (broad SMARTS) is 1. The van der Waals surface area contributed by atoms with Crippen LogP contribution in [-0.2, 0) is 30.9 Å². The Morgan fingerprint density at radius 2 is 1.83 bits per heavy atom. The van der Waals surface area contributed by atoms with Crippen molar-refractivity contribution in [1.29, 1.82) is 0 Å². The molecule has 0 radical (unpaired) electrons. The van der Waals surface area contributed by atoms with Gasteiger partial charge in [-0.2, -0.15) is 0 Å². The summed E-state index contributed by atoms with van der Waals surface area (Å²) in [5.41, 5.74) is 0. The summed E-state index contributed by atoms with van der Waals surface area (Å²) >= 11 is 0.807. The van der Waals surface area contributed by atoms with E-state index in [9.17, 15) is 5.11 Å². The standard InChI is InChI=1S/C6H11O.C2H4O2.Hg/c7-6-4-2-1-3-5-6;1-2(3)4;/h4,6-7H,1-3,5H2;1H3,(H,3,4);. The molecule has 0 amide bonds. The summed E-state index contributed by atoms with van der Waals surface area (Å²) in [6, 6.07) is 0. The van der Waals surface area contributed by atoms with Crippen LogP contribution < -0.4 is 0 Å². The predicted octanol–water partition coefficient (Wildman–Crippen LogP) is 1.35. The summed E-state index contributed by atoms with van der Waals surface area (Å²) in [4.78, 5) is 9.00. The molecule has 1 rings (SSSR count). The third kappa shape index (κ3) is 7.04. The van der Waals surface area contributed by atoms with Crippen molar-refractivity contribution in [3.8, 4) is 0 Å². The van der Waals surface area contributed by atoms with Crippen LogP contribution in [0, 0.1) is 0 Å². The fourth-order valence-corrected chi connectivity index (χ4v) is 3.23. The van der Waals surface area contributed by atoms with Gasteiger partial charge in [0, 0.05) is 6.92 Å². The van der Waals surface area contributed by atoms with E-state index in [0.29, 0.717) is 0 Å². The van der Waals surface area contributed by atoms with Crippen molar-refractivity contribution >= 4 is 5.97 Å². The Morgan fingerprint density at radius 3 is 2.08 bits per heavy atom. The molecule has 1 saturated carbocycles. The third-order valence-corrected chi connectivity index (χ3v) is 5.57. The normalized spacial score (nSPS) is 28.7. The van der Waals surface area contributed by atoms with Gasteiger partial charge < -0.3 is 5.11 Å². The summed E-state index contributed by atoms with van der Waals surface area (Å²) in [5, 5.41) is 16.6. The predicted molar refractivity (Wildman–Crippen MR) is 41.5 cm³/mol. The van der Waals surface area contributed by atoms with Crippen molar-refractivity contribution < 1.29 is 41.1 Å². The minimum absolute atomic E-state index is 0.0899. The maximum absolute atomic E-state index is 9.23. The van der Waals surface area contributed by atoms with Crippen LogP contribution >= 0.6 is 0 Å². The van der Waals surface area contributed by atoms with E-state index in [1.807, 2.05) is 0 Å². The summed E-state index contributed by atoms with van der Waals surface area (Å²) in [6.45, 7) is 1.08. The maximum atomic E-state index is 9.23. The molecule has 0 saturated heterocycles. The summed E-state index contributed by atoms with van der Waals surface area (Å²) in [7, 11) is 0. The van der Waals surface area contributed by atoms with Crippen LogP contribution in [0.15, 0.2) is 0 Å². The molecule has 2 N–H and O–H groups in total. The molecule has 1 fully saturated rings. The van der Waals surface area contributed by atoms with Gasteiger partial charge in [0.25, 0.3) is 5.97 Å². The van der Waals surface area contributed by atoms with Crippen molar-refractivity contribution in [2.45, 2.75) is 42.1 Å². The number of hydrogen-bond donors (Lipinski definition) is 2. The number of aliphatic hydroxyl groups excluding tert-OH is 1. The van der Waals surface area contributed by atoms with Crippen LogP contribution in [0.3, 0.4) is 0 Å². The second kappa shape index (κ2) is 6.84. The van der Waals surface area contributed by atoms with Crippen molar-refractivity contribution in [1.82, 2.24) is 0 Å². The molecule has 0 aromatic carbocycles. The molecule has 3 nitrogen and oxygen atoms in total. The molecule has 0 spiro atoms. The topological polar surface area (TPSA) is 57.5 Å². The molecule has 67 valence electrons. The van der Waals surface area contributed by atoms with Gasteiger partial charge in [0.2, 0.25) is 0 Å². The van der Waals surface area contributed by atoms with E-state index < -0.39 is 5.97 Å². The van der Waals surface area contributed by atoms with E-state index in [-0.39, 0.29) is 6.10 Å². The molecule has 0 aromatic rings. The van der Waals surface area contributed by atoms with Crippen LogP contribution in [0.25, 0.3) is 0 Å². The van der Waals surface area contributed by atoms with Crippen molar-refractivity contribution in [2.24, 2.45) is 0 Å². The number of carboxylic acids is 1. The Hall–Kier alpha value is 0.365. The van der Waals surface area contributed by atoms with Crippen LogP contribution in [0.1, 0.15) is 32.6 Å². The molecule has 12 heavy (non-hydrogen) atoms. The van der Waals surface area contributed by atoms with E-state index in [1.165, 1.54) is 19.3 Å². The van der Waals surface area contributed by atoms with Crippen LogP contribution in [-0.4, -0.2) is 22.3 Å². The first-order valence-corrected chi connectivity index (χ1v) is 7.42. The minimum atomic E-state index is -0.833. The zero-order valence-corrected chi connectivity index (χ0v) is 13.0. The molecule has 1 aliphatic carbocycles. The first kappa shape index (κ1) is 12.4. The first-order valence-electron chi connectivity index (χ1n) is 4.24. The van der Waals surface area contributed by atoms with Gasteiger partial charge in [-0.25, -0.2) is 0 Å². The SMILES string of the molecule is CC(=O)O.OC1CCCC[CH]1[Hg]. The van der Waals surface area contributed by atoms with Gasteiger partial charge in [0.1, 0.15) is 0 Å². The third-order valence-electron chi connectivity index (χ3n) is 1.87. The van der Waals surface area contributed by atoms with Gasteiger partial charge in [-0.15, -0.1) is 0 Å². The van der Waals surface area contributed by atoms with Crippen molar-refractivity contribution in [2.75, 3.05) is 0 Å². The number of carbonyl (C=O) groups is 1. The molecule has 1 aliphatic rings. The second-order valence-corrected chi connectivity index (χ2v) is 7.21. The average Bonchev–Trinajstić information content (AvgIpc) is 1.94. The first-order chi connectivity index (χ1) is 5.54. The molecular weight excluding hydrogens is 345 g/mol. The van der Waals surface area contributed by atoms with Crippen molar-refractivity contribution in [3.63, 3.8) is 0 Å². The van der Waals surface area contributed by atoms with Crippen LogP contribution in [0.4, 0.5) is 0 Å². The number of rotatable bonds is 0. The fourth-order valence-electron chi connectivity index (χ4n) is 1.19. The second-order valence-electron chi connectivity index (χ2n) is 3.13. The van der Waals surface area contributed by atoms with E-state index in [4.69, 9.17) is 9.90 Å². The molecule has 0 aromatic heterocycles. The van der Waals surface area contributed by atoms with Gasteiger partial charge in [0.05, 0.1) is 0 Å². The monoisotopic (exact) mass is 361 g/mol. The average molecular weight is 360 g/mol. The molecule has 0 bridgehead atoms. The summed E-state index contributed by atoms with van der Waals surface area (Å²) in [5.74, 6) is -0.833. The number of aliphatic hydroxyl groups is 1. The zero-order chi connectivity index (χ0) is 9.56. The Morgan fingerprint density at radius 1 is 1.42 bits per heavy atom. The van der Waals surface area contributed by atoms with Gasteiger partial charge in [-0.1, -0.05) is 0 Å². The van der Waals surface area contributed by atoms with Crippen LogP contribution in [0.5, 0.6) is 0 Å². The zero-order valence-electron chi connectivity index (χ0n) is 7.49. The van der Waals surface area contributed by atoms with E-state index in [1.54, 1.807) is 0 Å². The Balaban J connectivity index is 0.000000261. The molecule has 0 heterocycles. The molecule has 2 atom stereocenters. The molecule has 4 heteroatoms. The Bertz CT molecular complexity index is 124. The van der Waals surface area contributed by atoms with E-state index in [2.05, 4.69) is 0 Å². The quantitative estimate of drug-likeness (QED) is 0.642. The fraction of sp³-hybridized carbons (Fsp3) is 0.875. The van der Waals surface area contributed by atoms with Gasteiger partial charge >= 0.3 is 66.4 Å². The van der Waals surface area contributed by atoms with Crippen LogP contribution in [0.2, 0.25) is 3.43 Å². The summed E-state index contributed by atoms with van der Waals surface area (Å²) in [6.07, 6.45) is 5.10. The Kier molecular flexibility index (Phi) is 7.04. The molecule has 2 unspecified atom stereocenters. The number of aliphatic carboxylic acids is 1. The summed E-state index contributed by atoms with van der Waals surface area (Å²) < 4.78 is 0.753.